The number of hydrogen-bond donors (Lipinski definition) is 1. The van der Waals surface area contributed by atoms with Gasteiger partial charge in [-0.05, 0) is 19.1 Å². The minimum atomic E-state index is -0.910. The van der Waals surface area contributed by atoms with Gasteiger partial charge < -0.3 is 10.0 Å². The highest BCUT2D eigenvalue weighted by Crippen LogP contribution is 2.21. The minimum absolute atomic E-state index is 0.312. The van der Waals surface area contributed by atoms with Gasteiger partial charge >= 0.3 is 5.97 Å². The number of anilines is 1. The van der Waals surface area contributed by atoms with E-state index in [1.54, 1.807) is 23.5 Å². The highest BCUT2D eigenvalue weighted by Gasteiger charge is 2.13. The highest BCUT2D eigenvalue weighted by atomic mass is 32.1. The molecule has 5 heteroatoms. The Kier molecular flexibility index (Phi) is 3.62. The SMILES string of the molecule is Cc1nc(CN(C)c2ccccc2C(=O)O)cs1. The van der Waals surface area contributed by atoms with E-state index in [0.717, 1.165) is 10.7 Å². The Morgan fingerprint density at radius 3 is 2.78 bits per heavy atom. The smallest absolute Gasteiger partial charge is 0.337 e. The molecule has 0 spiro atoms. The number of aryl methyl sites for hydroxylation is 1. The number of carboxylic acids is 1. The van der Waals surface area contributed by atoms with Gasteiger partial charge in [-0.2, -0.15) is 0 Å². The molecular weight excluding hydrogens is 248 g/mol. The summed E-state index contributed by atoms with van der Waals surface area (Å²) in [5, 5.41) is 12.2. The molecule has 4 nitrogen and oxygen atoms in total. The number of rotatable bonds is 4. The van der Waals surface area contributed by atoms with Crippen molar-refractivity contribution in [2.24, 2.45) is 0 Å². The predicted molar refractivity (Wildman–Crippen MR) is 72.4 cm³/mol. The molecule has 0 saturated carbocycles. The Hall–Kier alpha value is -1.88. The molecule has 0 radical (unpaired) electrons. The average molecular weight is 262 g/mol. The first-order valence-corrected chi connectivity index (χ1v) is 6.40. The molecule has 0 aliphatic heterocycles. The molecule has 0 unspecified atom stereocenters. The number of hydrogen-bond acceptors (Lipinski definition) is 4. The van der Waals surface area contributed by atoms with Crippen LogP contribution >= 0.6 is 11.3 Å². The van der Waals surface area contributed by atoms with E-state index in [2.05, 4.69) is 4.98 Å². The summed E-state index contributed by atoms with van der Waals surface area (Å²) < 4.78 is 0. The van der Waals surface area contributed by atoms with Gasteiger partial charge in [-0.3, -0.25) is 0 Å². The van der Waals surface area contributed by atoms with E-state index in [1.165, 1.54) is 0 Å². The van der Waals surface area contributed by atoms with Crippen LogP contribution in [-0.4, -0.2) is 23.1 Å². The van der Waals surface area contributed by atoms with Gasteiger partial charge in [0.1, 0.15) is 0 Å². The predicted octanol–water partition coefficient (Wildman–Crippen LogP) is 2.79. The summed E-state index contributed by atoms with van der Waals surface area (Å²) in [5.41, 5.74) is 1.97. The molecule has 94 valence electrons. The number of para-hydroxylation sites is 1. The van der Waals surface area contributed by atoms with Gasteiger partial charge in [-0.15, -0.1) is 11.3 Å². The summed E-state index contributed by atoms with van der Waals surface area (Å²) in [5.74, 6) is -0.910. The van der Waals surface area contributed by atoms with Crippen molar-refractivity contribution >= 4 is 23.0 Å². The minimum Gasteiger partial charge on any atom is -0.478 e. The third-order valence-corrected chi connectivity index (χ3v) is 3.43. The maximum Gasteiger partial charge on any atom is 0.337 e. The van der Waals surface area contributed by atoms with Gasteiger partial charge in [0, 0.05) is 12.4 Å². The van der Waals surface area contributed by atoms with Crippen LogP contribution in [0.15, 0.2) is 29.6 Å². The molecule has 1 aromatic heterocycles. The molecule has 1 N–H and O–H groups in total. The zero-order valence-electron chi connectivity index (χ0n) is 10.3. The standard InChI is InChI=1S/C13H14N2O2S/c1-9-14-10(8-18-9)7-15(2)12-6-4-3-5-11(12)13(16)17/h3-6,8H,7H2,1-2H3,(H,16,17). The lowest BCUT2D eigenvalue weighted by atomic mass is 10.1. The van der Waals surface area contributed by atoms with E-state index in [1.807, 2.05) is 36.4 Å². The molecule has 0 aliphatic carbocycles. The lowest BCUT2D eigenvalue weighted by Crippen LogP contribution is -2.19. The number of aromatic nitrogens is 1. The van der Waals surface area contributed by atoms with Gasteiger partial charge in [0.2, 0.25) is 0 Å². The van der Waals surface area contributed by atoms with Crippen LogP contribution in [0.3, 0.4) is 0 Å². The maximum atomic E-state index is 11.1. The summed E-state index contributed by atoms with van der Waals surface area (Å²) in [4.78, 5) is 17.4. The first-order valence-electron chi connectivity index (χ1n) is 5.52. The molecule has 0 bridgehead atoms. The molecule has 18 heavy (non-hydrogen) atoms. The largest absolute Gasteiger partial charge is 0.478 e. The van der Waals surface area contributed by atoms with E-state index in [0.29, 0.717) is 17.8 Å². The fraction of sp³-hybridized carbons (Fsp3) is 0.231. The second kappa shape index (κ2) is 5.18. The first kappa shape index (κ1) is 12.6. The van der Waals surface area contributed by atoms with Crippen molar-refractivity contribution < 1.29 is 9.90 Å². The molecule has 1 aromatic carbocycles. The summed E-state index contributed by atoms with van der Waals surface area (Å²) >= 11 is 1.60. The van der Waals surface area contributed by atoms with Crippen LogP contribution in [0.5, 0.6) is 0 Å². The summed E-state index contributed by atoms with van der Waals surface area (Å²) in [6.45, 7) is 2.56. The van der Waals surface area contributed by atoms with Gasteiger partial charge in [-0.25, -0.2) is 9.78 Å². The molecule has 0 aliphatic rings. The molecule has 2 aromatic rings. The van der Waals surface area contributed by atoms with Gasteiger partial charge in [-0.1, -0.05) is 12.1 Å². The topological polar surface area (TPSA) is 53.4 Å². The number of aromatic carboxylic acids is 1. The van der Waals surface area contributed by atoms with E-state index in [4.69, 9.17) is 5.11 Å². The number of thiazole rings is 1. The van der Waals surface area contributed by atoms with E-state index in [-0.39, 0.29) is 0 Å². The zero-order valence-corrected chi connectivity index (χ0v) is 11.1. The monoisotopic (exact) mass is 262 g/mol. The molecule has 0 atom stereocenters. The van der Waals surface area contributed by atoms with Gasteiger partial charge in [0.15, 0.2) is 0 Å². The number of nitrogens with zero attached hydrogens (tertiary/aromatic N) is 2. The van der Waals surface area contributed by atoms with Crippen LogP contribution in [0.1, 0.15) is 21.1 Å². The maximum absolute atomic E-state index is 11.1. The summed E-state index contributed by atoms with van der Waals surface area (Å²) in [7, 11) is 1.87. The third-order valence-electron chi connectivity index (χ3n) is 2.61. The Balaban J connectivity index is 2.23. The zero-order chi connectivity index (χ0) is 13.1. The normalized spacial score (nSPS) is 10.3. The van der Waals surface area contributed by atoms with Crippen LogP contribution < -0.4 is 4.90 Å². The van der Waals surface area contributed by atoms with Crippen molar-refractivity contribution in [1.29, 1.82) is 0 Å². The molecule has 1 heterocycles. The van der Waals surface area contributed by atoms with Crippen LogP contribution in [0.4, 0.5) is 5.69 Å². The molecule has 0 amide bonds. The van der Waals surface area contributed by atoms with Gasteiger partial charge in [0.25, 0.3) is 0 Å². The van der Waals surface area contributed by atoms with Crippen LogP contribution in [0.25, 0.3) is 0 Å². The van der Waals surface area contributed by atoms with E-state index < -0.39 is 5.97 Å². The van der Waals surface area contributed by atoms with Gasteiger partial charge in [0.05, 0.1) is 28.5 Å². The lowest BCUT2D eigenvalue weighted by Gasteiger charge is -2.20. The lowest BCUT2D eigenvalue weighted by molar-refractivity contribution is 0.0697. The molecule has 2 rings (SSSR count). The number of carbonyl (C=O) groups is 1. The van der Waals surface area contributed by atoms with Crippen molar-refractivity contribution in [3.05, 3.63) is 45.9 Å². The highest BCUT2D eigenvalue weighted by molar-refractivity contribution is 7.09. The van der Waals surface area contributed by atoms with Crippen molar-refractivity contribution in [1.82, 2.24) is 4.98 Å². The quantitative estimate of drug-likeness (QED) is 0.920. The van der Waals surface area contributed by atoms with Crippen LogP contribution in [0, 0.1) is 6.92 Å². The van der Waals surface area contributed by atoms with Crippen molar-refractivity contribution in [3.63, 3.8) is 0 Å². The third kappa shape index (κ3) is 2.68. The second-order valence-corrected chi connectivity index (χ2v) is 5.10. The fourth-order valence-electron chi connectivity index (χ4n) is 1.80. The summed E-state index contributed by atoms with van der Waals surface area (Å²) in [6, 6.07) is 6.99. The Morgan fingerprint density at radius 2 is 2.17 bits per heavy atom. The van der Waals surface area contributed by atoms with E-state index >= 15 is 0 Å². The Bertz CT molecular complexity index is 566. The van der Waals surface area contributed by atoms with Crippen molar-refractivity contribution in [2.75, 3.05) is 11.9 Å². The first-order chi connectivity index (χ1) is 8.58. The number of benzene rings is 1. The number of carboxylic acid groups (broad SMARTS) is 1. The molecule has 0 fully saturated rings. The molecule has 0 saturated heterocycles. The summed E-state index contributed by atoms with van der Waals surface area (Å²) in [6.07, 6.45) is 0. The fourth-order valence-corrected chi connectivity index (χ4v) is 2.40. The van der Waals surface area contributed by atoms with E-state index in [9.17, 15) is 4.79 Å². The Morgan fingerprint density at radius 1 is 1.44 bits per heavy atom. The average Bonchev–Trinajstić information content (AvgIpc) is 2.74. The Labute approximate surface area is 110 Å². The second-order valence-electron chi connectivity index (χ2n) is 4.04. The van der Waals surface area contributed by atoms with Crippen molar-refractivity contribution in [2.45, 2.75) is 13.5 Å². The van der Waals surface area contributed by atoms with Crippen LogP contribution in [-0.2, 0) is 6.54 Å². The van der Waals surface area contributed by atoms with Crippen molar-refractivity contribution in [3.8, 4) is 0 Å². The molecular formula is C13H14N2O2S. The van der Waals surface area contributed by atoms with Crippen LogP contribution in [0.2, 0.25) is 0 Å².